The number of β-amino-alcohol motifs (C(OH)–C–C–N with tert-alkyl or cyclic N) is 1. The molecular weight excluding hydrogens is 350 g/mol. The smallest absolute Gasteiger partial charge is 0.280 e. The Morgan fingerprint density at radius 1 is 1.28 bits per heavy atom. The van der Waals surface area contributed by atoms with Gasteiger partial charge in [0, 0.05) is 24.5 Å². The van der Waals surface area contributed by atoms with Crippen molar-refractivity contribution < 1.29 is 13.9 Å². The van der Waals surface area contributed by atoms with Gasteiger partial charge in [0.2, 0.25) is 0 Å². The lowest BCUT2D eigenvalue weighted by atomic mass is 9.96. The summed E-state index contributed by atoms with van der Waals surface area (Å²) < 4.78 is 26.5. The summed E-state index contributed by atoms with van der Waals surface area (Å²) in [7, 11) is 0. The van der Waals surface area contributed by atoms with Crippen molar-refractivity contribution in [3.8, 4) is 0 Å². The molecular formula is C16H20F2N4O2S. The third-order valence-corrected chi connectivity index (χ3v) is 5.11. The third-order valence-electron chi connectivity index (χ3n) is 4.51. The Hall–Kier alpha value is -1.71. The molecule has 1 saturated heterocycles. The van der Waals surface area contributed by atoms with Gasteiger partial charge < -0.3 is 10.0 Å². The van der Waals surface area contributed by atoms with Crippen LogP contribution in [0.15, 0.2) is 28.1 Å². The quantitative estimate of drug-likeness (QED) is 0.843. The molecule has 1 fully saturated rings. The van der Waals surface area contributed by atoms with E-state index in [9.17, 15) is 18.7 Å². The summed E-state index contributed by atoms with van der Waals surface area (Å²) in [5, 5.41) is 12.0. The van der Waals surface area contributed by atoms with E-state index in [1.807, 2.05) is 5.38 Å². The molecule has 1 atom stereocenters. The van der Waals surface area contributed by atoms with Crippen molar-refractivity contribution in [1.82, 2.24) is 19.4 Å². The van der Waals surface area contributed by atoms with Crippen LogP contribution in [-0.4, -0.2) is 44.2 Å². The van der Waals surface area contributed by atoms with Gasteiger partial charge in [-0.15, -0.1) is 11.3 Å². The molecule has 25 heavy (non-hydrogen) atoms. The molecule has 1 N–H and O–H groups in total. The zero-order valence-electron chi connectivity index (χ0n) is 13.6. The number of likely N-dealkylation sites (tertiary alicyclic amines) is 1. The van der Waals surface area contributed by atoms with Gasteiger partial charge in [0.15, 0.2) is 0 Å². The van der Waals surface area contributed by atoms with Crippen LogP contribution in [0.1, 0.15) is 36.8 Å². The van der Waals surface area contributed by atoms with E-state index in [0.717, 1.165) is 32.0 Å². The molecule has 9 heteroatoms. The van der Waals surface area contributed by atoms with Crippen LogP contribution < -0.4 is 5.56 Å². The first-order chi connectivity index (χ1) is 12.0. The Morgan fingerprint density at radius 3 is 2.64 bits per heavy atom. The highest BCUT2D eigenvalue weighted by molar-refractivity contribution is 7.07. The predicted molar refractivity (Wildman–Crippen MR) is 89.7 cm³/mol. The predicted octanol–water partition coefficient (Wildman–Crippen LogP) is 2.08. The molecule has 1 aliphatic rings. The highest BCUT2D eigenvalue weighted by Gasteiger charge is 2.23. The number of rotatable bonds is 6. The van der Waals surface area contributed by atoms with Gasteiger partial charge in [-0.1, -0.05) is 0 Å². The van der Waals surface area contributed by atoms with E-state index in [1.54, 1.807) is 5.51 Å². The second-order valence-electron chi connectivity index (χ2n) is 6.28. The number of aliphatic hydroxyl groups excluding tert-OH is 1. The normalized spacial score (nSPS) is 17.9. The molecule has 0 saturated carbocycles. The van der Waals surface area contributed by atoms with Crippen molar-refractivity contribution in [2.24, 2.45) is 5.92 Å². The molecule has 0 amide bonds. The fourth-order valence-corrected chi connectivity index (χ4v) is 3.65. The number of aromatic nitrogens is 3. The van der Waals surface area contributed by atoms with Crippen LogP contribution in [0.4, 0.5) is 8.78 Å². The van der Waals surface area contributed by atoms with Crippen LogP contribution in [0.25, 0.3) is 0 Å². The molecule has 2 aromatic heterocycles. The second kappa shape index (κ2) is 8.11. The first-order valence-electron chi connectivity index (χ1n) is 8.16. The van der Waals surface area contributed by atoms with E-state index >= 15 is 0 Å². The average molecular weight is 370 g/mol. The molecule has 3 rings (SSSR count). The van der Waals surface area contributed by atoms with Crippen molar-refractivity contribution in [1.29, 1.82) is 0 Å². The van der Waals surface area contributed by atoms with E-state index in [4.69, 9.17) is 0 Å². The van der Waals surface area contributed by atoms with E-state index < -0.39 is 23.8 Å². The molecule has 136 valence electrons. The molecule has 3 heterocycles. The first kappa shape index (κ1) is 18.1. The Kier molecular flexibility index (Phi) is 5.87. The summed E-state index contributed by atoms with van der Waals surface area (Å²) in [5.41, 5.74) is 1.48. The van der Waals surface area contributed by atoms with E-state index in [-0.39, 0.29) is 0 Å². The van der Waals surface area contributed by atoms with Gasteiger partial charge in [-0.2, -0.15) is 0 Å². The van der Waals surface area contributed by atoms with Crippen LogP contribution in [-0.2, 0) is 6.54 Å². The maximum Gasteiger partial charge on any atom is 0.280 e. The van der Waals surface area contributed by atoms with Crippen molar-refractivity contribution in [2.75, 3.05) is 19.6 Å². The standard InChI is InChI=1S/C16H20F2N4O2S/c17-16(18)12-5-15(24)22(9-19-12)6-11-1-3-21(4-2-11)7-14(23)13-8-25-10-20-13/h5,8-11,14,16,23H,1-4,6-7H2. The average Bonchev–Trinajstić information content (AvgIpc) is 3.13. The number of halogens is 2. The lowest BCUT2D eigenvalue weighted by Gasteiger charge is -2.33. The SMILES string of the molecule is O=c1cc(C(F)F)ncn1CC1CCN(CC(O)c2cscn2)CC1. The van der Waals surface area contributed by atoms with Gasteiger partial charge >= 0.3 is 0 Å². The van der Waals surface area contributed by atoms with Crippen LogP contribution in [0.2, 0.25) is 0 Å². The maximum atomic E-state index is 12.5. The number of aliphatic hydroxyl groups is 1. The lowest BCUT2D eigenvalue weighted by Crippen LogP contribution is -2.38. The first-order valence-corrected chi connectivity index (χ1v) is 9.10. The highest BCUT2D eigenvalue weighted by atomic mass is 32.1. The molecule has 2 aromatic rings. The number of hydrogen-bond donors (Lipinski definition) is 1. The maximum absolute atomic E-state index is 12.5. The molecule has 0 spiro atoms. The zero-order valence-corrected chi connectivity index (χ0v) is 14.4. The van der Waals surface area contributed by atoms with E-state index in [2.05, 4.69) is 14.9 Å². The molecule has 1 unspecified atom stereocenters. The van der Waals surface area contributed by atoms with Crippen molar-refractivity contribution >= 4 is 11.3 Å². The lowest BCUT2D eigenvalue weighted by molar-refractivity contribution is 0.0842. The van der Waals surface area contributed by atoms with Crippen molar-refractivity contribution in [2.45, 2.75) is 31.9 Å². The van der Waals surface area contributed by atoms with Gasteiger partial charge in [0.1, 0.15) is 11.8 Å². The Labute approximate surface area is 147 Å². The van der Waals surface area contributed by atoms with Gasteiger partial charge in [0.25, 0.3) is 12.0 Å². The summed E-state index contributed by atoms with van der Waals surface area (Å²) in [5.74, 6) is 0.296. The van der Waals surface area contributed by atoms with Crippen LogP contribution in [0, 0.1) is 5.92 Å². The second-order valence-corrected chi connectivity index (χ2v) is 7.00. The van der Waals surface area contributed by atoms with Crippen LogP contribution in [0.3, 0.4) is 0 Å². The Bertz CT molecular complexity index is 730. The minimum atomic E-state index is -2.73. The summed E-state index contributed by atoms with van der Waals surface area (Å²) in [4.78, 5) is 21.9. The van der Waals surface area contributed by atoms with Crippen molar-refractivity contribution in [3.05, 3.63) is 45.0 Å². The molecule has 0 bridgehead atoms. The van der Waals surface area contributed by atoms with Gasteiger partial charge in [-0.25, -0.2) is 18.7 Å². The molecule has 0 aromatic carbocycles. The minimum absolute atomic E-state index is 0.296. The fraction of sp³-hybridized carbons (Fsp3) is 0.562. The summed E-state index contributed by atoms with van der Waals surface area (Å²) in [6.07, 6.45) is -0.340. The summed E-state index contributed by atoms with van der Waals surface area (Å²) in [6, 6.07) is 0.907. The summed E-state index contributed by atoms with van der Waals surface area (Å²) in [6.45, 7) is 2.67. The zero-order chi connectivity index (χ0) is 17.8. The van der Waals surface area contributed by atoms with Crippen LogP contribution >= 0.6 is 11.3 Å². The third kappa shape index (κ3) is 4.68. The van der Waals surface area contributed by atoms with Crippen LogP contribution in [0.5, 0.6) is 0 Å². The number of piperidine rings is 1. The Balaban J connectivity index is 1.50. The van der Waals surface area contributed by atoms with E-state index in [1.165, 1.54) is 22.2 Å². The minimum Gasteiger partial charge on any atom is -0.385 e. The Morgan fingerprint density at radius 2 is 2.04 bits per heavy atom. The van der Waals surface area contributed by atoms with Gasteiger partial charge in [-0.3, -0.25) is 9.36 Å². The summed E-state index contributed by atoms with van der Waals surface area (Å²) >= 11 is 1.46. The molecule has 0 radical (unpaired) electrons. The molecule has 1 aliphatic heterocycles. The largest absolute Gasteiger partial charge is 0.385 e. The molecule has 6 nitrogen and oxygen atoms in total. The molecule has 0 aliphatic carbocycles. The van der Waals surface area contributed by atoms with Crippen molar-refractivity contribution in [3.63, 3.8) is 0 Å². The van der Waals surface area contributed by atoms with E-state index in [0.29, 0.717) is 24.7 Å². The van der Waals surface area contributed by atoms with Gasteiger partial charge in [-0.05, 0) is 31.8 Å². The number of nitrogens with zero attached hydrogens (tertiary/aromatic N) is 4. The monoisotopic (exact) mass is 370 g/mol. The number of thiazole rings is 1. The number of alkyl halides is 2. The van der Waals surface area contributed by atoms with Gasteiger partial charge in [0.05, 0.1) is 17.5 Å². The fourth-order valence-electron chi connectivity index (χ4n) is 3.05. The topological polar surface area (TPSA) is 71.2 Å². The number of hydrogen-bond acceptors (Lipinski definition) is 6. The highest BCUT2D eigenvalue weighted by Crippen LogP contribution is 2.22.